The normalized spacial score (nSPS) is 18.3. The van der Waals surface area contributed by atoms with Crippen molar-refractivity contribution in [1.29, 1.82) is 0 Å². The summed E-state index contributed by atoms with van der Waals surface area (Å²) in [6.45, 7) is 0. The van der Waals surface area contributed by atoms with Gasteiger partial charge in [-0.3, -0.25) is 9.78 Å². The Hall–Kier alpha value is -3.71. The lowest BCUT2D eigenvalue weighted by atomic mass is 9.92. The first kappa shape index (κ1) is 21.2. The van der Waals surface area contributed by atoms with Crippen LogP contribution in [0.5, 0.6) is 5.75 Å². The molecule has 0 saturated heterocycles. The molecule has 3 aromatic heterocycles. The summed E-state index contributed by atoms with van der Waals surface area (Å²) in [5.41, 5.74) is 4.91. The first-order chi connectivity index (χ1) is 16.1. The van der Waals surface area contributed by atoms with Gasteiger partial charge in [-0.2, -0.15) is 5.10 Å². The van der Waals surface area contributed by atoms with Gasteiger partial charge in [0.2, 0.25) is 0 Å². The van der Waals surface area contributed by atoms with E-state index in [4.69, 9.17) is 0 Å². The number of carbonyl (C=O) groups is 1. The third kappa shape index (κ3) is 4.45. The molecule has 7 heteroatoms. The molecule has 0 spiro atoms. The molecule has 2 atom stereocenters. The Kier molecular flexibility index (Phi) is 5.79. The molecular formula is C26H26N4O3. The van der Waals surface area contributed by atoms with Crippen molar-refractivity contribution in [1.82, 2.24) is 19.9 Å². The molecule has 0 bridgehead atoms. The van der Waals surface area contributed by atoms with Crippen molar-refractivity contribution in [3.8, 4) is 16.9 Å². The fourth-order valence-corrected chi connectivity index (χ4v) is 4.50. The van der Waals surface area contributed by atoms with Gasteiger partial charge in [-0.05, 0) is 60.2 Å². The summed E-state index contributed by atoms with van der Waals surface area (Å²) in [6, 6.07) is 15.0. The summed E-state index contributed by atoms with van der Waals surface area (Å²) in [5, 5.41) is 27.7. The molecule has 1 aliphatic rings. The zero-order valence-electron chi connectivity index (χ0n) is 18.2. The number of aromatic hydroxyl groups is 1. The van der Waals surface area contributed by atoms with E-state index in [2.05, 4.69) is 15.4 Å². The lowest BCUT2D eigenvalue weighted by Gasteiger charge is -2.28. The molecule has 1 amide bonds. The summed E-state index contributed by atoms with van der Waals surface area (Å²) in [4.78, 5) is 17.0. The molecule has 0 unspecified atom stereocenters. The van der Waals surface area contributed by atoms with Gasteiger partial charge >= 0.3 is 0 Å². The SMILES string of the molecule is O=C(N[C@H]1CCCC[C@@H]1O)c1cc(Cc2ccc(-c3cnccc3O)cc2)c2cccn2n1. The predicted molar refractivity (Wildman–Crippen MR) is 125 cm³/mol. The van der Waals surface area contributed by atoms with Gasteiger partial charge in [0.1, 0.15) is 11.4 Å². The van der Waals surface area contributed by atoms with E-state index < -0.39 is 6.10 Å². The fourth-order valence-electron chi connectivity index (χ4n) is 4.50. The standard InChI is InChI=1S/C26H26N4O3/c31-24-11-12-27-16-20(24)18-9-7-17(8-10-18)14-19-15-22(29-30-13-3-5-23(19)30)26(33)28-21-4-1-2-6-25(21)32/h3,5,7-13,15-16,21,25,32H,1-2,4,6,14H2,(H,27,31)(H,28,33)/t21-,25-/m0/s1. The minimum atomic E-state index is -0.504. The molecule has 0 aliphatic heterocycles. The number of pyridine rings is 1. The highest BCUT2D eigenvalue weighted by Crippen LogP contribution is 2.28. The highest BCUT2D eigenvalue weighted by atomic mass is 16.3. The van der Waals surface area contributed by atoms with Gasteiger partial charge in [0.25, 0.3) is 5.91 Å². The van der Waals surface area contributed by atoms with Gasteiger partial charge in [-0.15, -0.1) is 0 Å². The molecule has 168 valence electrons. The van der Waals surface area contributed by atoms with Gasteiger partial charge in [-0.25, -0.2) is 4.52 Å². The van der Waals surface area contributed by atoms with Gasteiger partial charge in [0.15, 0.2) is 0 Å². The molecule has 7 nitrogen and oxygen atoms in total. The number of nitrogens with zero attached hydrogens (tertiary/aromatic N) is 3. The Labute approximate surface area is 191 Å². The highest BCUT2D eigenvalue weighted by Gasteiger charge is 2.25. The fraction of sp³-hybridized carbons (Fsp3) is 0.269. The Bertz CT molecular complexity index is 1280. The van der Waals surface area contributed by atoms with Crippen molar-refractivity contribution in [3.63, 3.8) is 0 Å². The number of nitrogens with one attached hydrogen (secondary N) is 1. The van der Waals surface area contributed by atoms with Gasteiger partial charge < -0.3 is 15.5 Å². The van der Waals surface area contributed by atoms with Crippen LogP contribution in [0, 0.1) is 0 Å². The maximum atomic E-state index is 12.9. The summed E-state index contributed by atoms with van der Waals surface area (Å²) in [7, 11) is 0. The maximum Gasteiger partial charge on any atom is 0.272 e. The monoisotopic (exact) mass is 442 g/mol. The second kappa shape index (κ2) is 9.03. The van der Waals surface area contributed by atoms with Crippen molar-refractivity contribution >= 4 is 11.4 Å². The van der Waals surface area contributed by atoms with Crippen LogP contribution in [0.1, 0.15) is 47.3 Å². The average molecular weight is 443 g/mol. The third-order valence-electron chi connectivity index (χ3n) is 6.32. The molecule has 1 saturated carbocycles. The maximum absolute atomic E-state index is 12.9. The summed E-state index contributed by atoms with van der Waals surface area (Å²) < 4.78 is 1.73. The zero-order chi connectivity index (χ0) is 22.8. The first-order valence-electron chi connectivity index (χ1n) is 11.3. The van der Waals surface area contributed by atoms with E-state index in [1.807, 2.05) is 48.7 Å². The molecule has 3 N–H and O–H groups in total. The minimum Gasteiger partial charge on any atom is -0.507 e. The number of carbonyl (C=O) groups excluding carboxylic acids is 1. The van der Waals surface area contributed by atoms with Gasteiger partial charge in [0, 0.05) is 24.2 Å². The number of amides is 1. The van der Waals surface area contributed by atoms with Crippen LogP contribution >= 0.6 is 0 Å². The molecule has 1 aromatic carbocycles. The zero-order valence-corrected chi connectivity index (χ0v) is 18.2. The van der Waals surface area contributed by atoms with Crippen LogP contribution in [0.3, 0.4) is 0 Å². The van der Waals surface area contributed by atoms with E-state index >= 15 is 0 Å². The number of benzene rings is 1. The number of aromatic nitrogens is 3. The molecule has 1 aliphatic carbocycles. The van der Waals surface area contributed by atoms with Crippen molar-refractivity contribution in [2.45, 2.75) is 44.2 Å². The van der Waals surface area contributed by atoms with Crippen LogP contribution in [-0.2, 0) is 6.42 Å². The summed E-state index contributed by atoms with van der Waals surface area (Å²) in [5.74, 6) is -0.0688. The topological polar surface area (TPSA) is 99.8 Å². The van der Waals surface area contributed by atoms with E-state index in [0.29, 0.717) is 24.1 Å². The predicted octanol–water partition coefficient (Wildman–Crippen LogP) is 3.73. The van der Waals surface area contributed by atoms with Crippen molar-refractivity contribution in [3.05, 3.63) is 83.9 Å². The first-order valence-corrected chi connectivity index (χ1v) is 11.3. The van der Waals surface area contributed by atoms with E-state index in [1.54, 1.807) is 23.0 Å². The lowest BCUT2D eigenvalue weighted by Crippen LogP contribution is -2.45. The van der Waals surface area contributed by atoms with Crippen LogP contribution in [0.2, 0.25) is 0 Å². The van der Waals surface area contributed by atoms with E-state index in [9.17, 15) is 15.0 Å². The van der Waals surface area contributed by atoms with Crippen LogP contribution < -0.4 is 5.32 Å². The Morgan fingerprint density at radius 3 is 2.73 bits per heavy atom. The number of hydrogen-bond acceptors (Lipinski definition) is 5. The van der Waals surface area contributed by atoms with Gasteiger partial charge in [0.05, 0.1) is 17.7 Å². The third-order valence-corrected chi connectivity index (χ3v) is 6.32. The average Bonchev–Trinajstić information content (AvgIpc) is 3.31. The molecule has 33 heavy (non-hydrogen) atoms. The number of hydrogen-bond donors (Lipinski definition) is 3. The molecule has 0 radical (unpaired) electrons. The Morgan fingerprint density at radius 2 is 1.94 bits per heavy atom. The van der Waals surface area contributed by atoms with Crippen LogP contribution in [0.4, 0.5) is 0 Å². The van der Waals surface area contributed by atoms with Crippen molar-refractivity contribution < 1.29 is 15.0 Å². The quantitative estimate of drug-likeness (QED) is 0.437. The summed E-state index contributed by atoms with van der Waals surface area (Å²) in [6.07, 6.45) is 8.65. The smallest absolute Gasteiger partial charge is 0.272 e. The highest BCUT2D eigenvalue weighted by molar-refractivity contribution is 5.93. The van der Waals surface area contributed by atoms with E-state index in [1.165, 1.54) is 0 Å². The second-order valence-electron chi connectivity index (χ2n) is 8.59. The lowest BCUT2D eigenvalue weighted by molar-refractivity contribution is 0.0713. The molecule has 1 fully saturated rings. The number of rotatable bonds is 5. The second-order valence-corrected chi connectivity index (χ2v) is 8.59. The Balaban J connectivity index is 1.39. The van der Waals surface area contributed by atoms with Crippen LogP contribution in [-0.4, -0.2) is 42.9 Å². The van der Waals surface area contributed by atoms with E-state index in [0.717, 1.165) is 41.5 Å². The number of aliphatic hydroxyl groups excluding tert-OH is 1. The number of aliphatic hydroxyl groups is 1. The van der Waals surface area contributed by atoms with Crippen molar-refractivity contribution in [2.24, 2.45) is 0 Å². The van der Waals surface area contributed by atoms with E-state index in [-0.39, 0.29) is 17.7 Å². The summed E-state index contributed by atoms with van der Waals surface area (Å²) >= 11 is 0. The largest absolute Gasteiger partial charge is 0.507 e. The van der Waals surface area contributed by atoms with Crippen LogP contribution in [0.15, 0.2) is 67.1 Å². The number of fused-ring (bicyclic) bond motifs is 1. The minimum absolute atomic E-state index is 0.195. The Morgan fingerprint density at radius 1 is 1.12 bits per heavy atom. The van der Waals surface area contributed by atoms with Crippen LogP contribution in [0.25, 0.3) is 16.6 Å². The van der Waals surface area contributed by atoms with Crippen molar-refractivity contribution in [2.75, 3.05) is 0 Å². The van der Waals surface area contributed by atoms with Gasteiger partial charge in [-0.1, -0.05) is 37.1 Å². The molecular weight excluding hydrogens is 416 g/mol. The molecule has 4 aromatic rings. The molecule has 3 heterocycles. The molecule has 5 rings (SSSR count).